The van der Waals surface area contributed by atoms with Crippen LogP contribution < -0.4 is 5.56 Å². The lowest BCUT2D eigenvalue weighted by Gasteiger charge is -2.04. The third-order valence-electron chi connectivity index (χ3n) is 4.23. The molecule has 118 valence electrons. The molecule has 1 N–H and O–H groups in total. The molecule has 0 unspecified atom stereocenters. The molecular formula is C20H17N3O. The predicted molar refractivity (Wildman–Crippen MR) is 96.2 cm³/mol. The van der Waals surface area contributed by atoms with Crippen molar-refractivity contribution < 1.29 is 0 Å². The SMILES string of the molecule is Cc1cccc(-c2cc(=O)n3nc(-c4ccccc4)c(C)c3[nH]2)c1. The van der Waals surface area contributed by atoms with Crippen LogP contribution in [0.25, 0.3) is 28.2 Å². The number of nitrogens with one attached hydrogen (secondary N) is 1. The number of hydrogen-bond donors (Lipinski definition) is 1. The van der Waals surface area contributed by atoms with Gasteiger partial charge in [0.2, 0.25) is 0 Å². The zero-order valence-corrected chi connectivity index (χ0v) is 13.6. The van der Waals surface area contributed by atoms with Crippen molar-refractivity contribution in [3.05, 3.63) is 82.1 Å². The number of fused-ring (bicyclic) bond motifs is 1. The summed E-state index contributed by atoms with van der Waals surface area (Å²) in [6.07, 6.45) is 0. The van der Waals surface area contributed by atoms with Crippen molar-refractivity contribution in [1.29, 1.82) is 0 Å². The highest BCUT2D eigenvalue weighted by molar-refractivity contribution is 5.72. The number of H-pyrrole nitrogens is 1. The molecule has 0 fully saturated rings. The van der Waals surface area contributed by atoms with E-state index in [0.29, 0.717) is 0 Å². The molecule has 0 amide bonds. The Bertz CT molecular complexity index is 1090. The fraction of sp³-hybridized carbons (Fsp3) is 0.100. The summed E-state index contributed by atoms with van der Waals surface area (Å²) >= 11 is 0. The Morgan fingerprint density at radius 3 is 2.42 bits per heavy atom. The zero-order valence-electron chi connectivity index (χ0n) is 13.6. The van der Waals surface area contributed by atoms with Gasteiger partial charge in [0.15, 0.2) is 0 Å². The standard InChI is InChI=1S/C20H17N3O/c1-13-7-6-10-16(11-13)17-12-18(24)23-20(21-17)14(2)19(22-23)15-8-4-3-5-9-15/h3-12,21H,1-2H3. The lowest BCUT2D eigenvalue weighted by atomic mass is 10.1. The van der Waals surface area contributed by atoms with Crippen LogP contribution in [0.15, 0.2) is 65.5 Å². The van der Waals surface area contributed by atoms with E-state index < -0.39 is 0 Å². The molecule has 0 spiro atoms. The topological polar surface area (TPSA) is 50.2 Å². The summed E-state index contributed by atoms with van der Waals surface area (Å²) in [7, 11) is 0. The van der Waals surface area contributed by atoms with Crippen molar-refractivity contribution in [1.82, 2.24) is 14.6 Å². The molecule has 0 aliphatic carbocycles. The molecule has 2 heterocycles. The maximum Gasteiger partial charge on any atom is 0.274 e. The van der Waals surface area contributed by atoms with E-state index in [1.54, 1.807) is 6.07 Å². The normalized spacial score (nSPS) is 11.1. The quantitative estimate of drug-likeness (QED) is 0.608. The maximum absolute atomic E-state index is 12.5. The van der Waals surface area contributed by atoms with Crippen molar-refractivity contribution >= 4 is 5.65 Å². The first kappa shape index (κ1) is 14.5. The van der Waals surface area contributed by atoms with Crippen molar-refractivity contribution in [3.8, 4) is 22.5 Å². The second-order valence-corrected chi connectivity index (χ2v) is 5.99. The largest absolute Gasteiger partial charge is 0.339 e. The molecule has 0 radical (unpaired) electrons. The Kier molecular flexibility index (Phi) is 3.31. The molecule has 0 bridgehead atoms. The molecule has 0 aliphatic rings. The minimum atomic E-state index is -0.134. The molecule has 2 aromatic heterocycles. The van der Waals surface area contributed by atoms with Gasteiger partial charge in [0.25, 0.3) is 5.56 Å². The summed E-state index contributed by atoms with van der Waals surface area (Å²) in [6, 6.07) is 19.6. The first-order chi connectivity index (χ1) is 11.6. The van der Waals surface area contributed by atoms with Gasteiger partial charge in [-0.15, -0.1) is 0 Å². The second-order valence-electron chi connectivity index (χ2n) is 5.99. The van der Waals surface area contributed by atoms with Gasteiger partial charge in [0.1, 0.15) is 5.65 Å². The van der Waals surface area contributed by atoms with Crippen molar-refractivity contribution in [2.75, 3.05) is 0 Å². The number of rotatable bonds is 2. The summed E-state index contributed by atoms with van der Waals surface area (Å²) in [5.74, 6) is 0. The van der Waals surface area contributed by atoms with Gasteiger partial charge in [-0.1, -0.05) is 54.1 Å². The van der Waals surface area contributed by atoms with Gasteiger partial charge in [-0.05, 0) is 25.5 Å². The Balaban J connectivity index is 1.96. The molecule has 24 heavy (non-hydrogen) atoms. The smallest absolute Gasteiger partial charge is 0.274 e. The van der Waals surface area contributed by atoms with E-state index in [1.807, 2.05) is 62.4 Å². The zero-order chi connectivity index (χ0) is 16.7. The average Bonchev–Trinajstić information content (AvgIpc) is 2.93. The number of aryl methyl sites for hydroxylation is 2. The summed E-state index contributed by atoms with van der Waals surface area (Å²) in [6.45, 7) is 4.03. The van der Waals surface area contributed by atoms with Gasteiger partial charge in [0.05, 0.1) is 11.4 Å². The lowest BCUT2D eigenvalue weighted by molar-refractivity contribution is 0.904. The van der Waals surface area contributed by atoms with Gasteiger partial charge in [-0.3, -0.25) is 4.79 Å². The third-order valence-corrected chi connectivity index (χ3v) is 4.23. The minimum Gasteiger partial charge on any atom is -0.339 e. The van der Waals surface area contributed by atoms with Gasteiger partial charge in [-0.25, -0.2) is 0 Å². The Hall–Kier alpha value is -3.14. The van der Waals surface area contributed by atoms with E-state index >= 15 is 0 Å². The van der Waals surface area contributed by atoms with Gasteiger partial charge < -0.3 is 4.98 Å². The number of benzene rings is 2. The first-order valence-electron chi connectivity index (χ1n) is 7.88. The molecule has 0 atom stereocenters. The first-order valence-corrected chi connectivity index (χ1v) is 7.88. The highest BCUT2D eigenvalue weighted by atomic mass is 16.1. The minimum absolute atomic E-state index is 0.134. The fourth-order valence-corrected chi connectivity index (χ4v) is 2.99. The van der Waals surface area contributed by atoms with Crippen molar-refractivity contribution in [3.63, 3.8) is 0 Å². The van der Waals surface area contributed by atoms with E-state index in [4.69, 9.17) is 0 Å². The third kappa shape index (κ3) is 2.33. The Morgan fingerprint density at radius 2 is 1.67 bits per heavy atom. The van der Waals surface area contributed by atoms with Crippen LogP contribution in [0.4, 0.5) is 0 Å². The Labute approximate surface area is 139 Å². The molecule has 4 heteroatoms. The summed E-state index contributed by atoms with van der Waals surface area (Å²) in [4.78, 5) is 15.9. The van der Waals surface area contributed by atoms with Gasteiger partial charge in [0, 0.05) is 17.2 Å². The molecular weight excluding hydrogens is 298 g/mol. The van der Waals surface area contributed by atoms with Crippen LogP contribution in [0.5, 0.6) is 0 Å². The van der Waals surface area contributed by atoms with E-state index in [9.17, 15) is 4.79 Å². The van der Waals surface area contributed by atoms with Crippen LogP contribution in [0.1, 0.15) is 11.1 Å². The van der Waals surface area contributed by atoms with Crippen molar-refractivity contribution in [2.24, 2.45) is 0 Å². The van der Waals surface area contributed by atoms with Crippen LogP contribution in [-0.2, 0) is 0 Å². The van der Waals surface area contributed by atoms with Crippen LogP contribution in [0.3, 0.4) is 0 Å². The predicted octanol–water partition coefficient (Wildman–Crippen LogP) is 3.97. The fourth-order valence-electron chi connectivity index (χ4n) is 2.99. The number of nitrogens with zero attached hydrogens (tertiary/aromatic N) is 2. The summed E-state index contributed by atoms with van der Waals surface area (Å²) < 4.78 is 1.44. The molecule has 0 saturated carbocycles. The van der Waals surface area contributed by atoms with Crippen LogP contribution in [0, 0.1) is 13.8 Å². The highest BCUT2D eigenvalue weighted by Gasteiger charge is 2.14. The van der Waals surface area contributed by atoms with Crippen LogP contribution in [0.2, 0.25) is 0 Å². The van der Waals surface area contributed by atoms with E-state index in [0.717, 1.165) is 39.3 Å². The second kappa shape index (κ2) is 5.49. The highest BCUT2D eigenvalue weighted by Crippen LogP contribution is 2.25. The summed E-state index contributed by atoms with van der Waals surface area (Å²) in [5.41, 5.74) is 6.35. The number of hydrogen-bond acceptors (Lipinski definition) is 2. The summed E-state index contributed by atoms with van der Waals surface area (Å²) in [5, 5.41) is 4.51. The molecule has 0 saturated heterocycles. The number of aromatic amines is 1. The molecule has 2 aromatic carbocycles. The lowest BCUT2D eigenvalue weighted by Crippen LogP contribution is -2.14. The monoisotopic (exact) mass is 315 g/mol. The molecule has 0 aliphatic heterocycles. The molecule has 4 nitrogen and oxygen atoms in total. The van der Waals surface area contributed by atoms with E-state index in [-0.39, 0.29) is 5.56 Å². The Morgan fingerprint density at radius 1 is 0.917 bits per heavy atom. The number of aromatic nitrogens is 3. The molecule has 4 rings (SSSR count). The molecule has 4 aromatic rings. The van der Waals surface area contributed by atoms with Crippen LogP contribution in [-0.4, -0.2) is 14.6 Å². The van der Waals surface area contributed by atoms with Crippen LogP contribution >= 0.6 is 0 Å². The van der Waals surface area contributed by atoms with E-state index in [1.165, 1.54) is 4.52 Å². The van der Waals surface area contributed by atoms with Gasteiger partial charge >= 0.3 is 0 Å². The van der Waals surface area contributed by atoms with E-state index in [2.05, 4.69) is 16.1 Å². The van der Waals surface area contributed by atoms with Gasteiger partial charge in [-0.2, -0.15) is 9.61 Å². The average molecular weight is 315 g/mol. The van der Waals surface area contributed by atoms with Crippen molar-refractivity contribution in [2.45, 2.75) is 13.8 Å². The maximum atomic E-state index is 12.5.